The van der Waals surface area contributed by atoms with Crippen LogP contribution in [0.5, 0.6) is 0 Å². The minimum absolute atomic E-state index is 0.145. The number of methoxy groups -OCH3 is 1. The number of hydrogen-bond donors (Lipinski definition) is 1. The van der Waals surface area contributed by atoms with Crippen LogP contribution in [0.1, 0.15) is 18.7 Å². The lowest BCUT2D eigenvalue weighted by atomic mass is 10.2. The number of aryl methyl sites for hydroxylation is 1. The molecule has 1 heterocycles. The van der Waals surface area contributed by atoms with Crippen molar-refractivity contribution in [2.75, 3.05) is 7.11 Å². The normalized spacial score (nSPS) is 10.5. The number of H-pyrrole nitrogens is 1. The molecule has 0 amide bonds. The second-order valence-corrected chi connectivity index (χ2v) is 3.96. The van der Waals surface area contributed by atoms with Crippen LogP contribution >= 0.6 is 0 Å². The molecule has 0 saturated carbocycles. The second-order valence-electron chi connectivity index (χ2n) is 3.96. The summed E-state index contributed by atoms with van der Waals surface area (Å²) in [4.78, 5) is 29.8. The quantitative estimate of drug-likeness (QED) is 0.828. The number of nitrogens with one attached hydrogen (secondary N) is 1. The van der Waals surface area contributed by atoms with Crippen LogP contribution in [0.15, 0.2) is 29.1 Å². The number of aromatic nitrogens is 2. The summed E-state index contributed by atoms with van der Waals surface area (Å²) in [7, 11) is 1.36. The molecule has 0 spiro atoms. The number of benzene rings is 1. The third-order valence-electron chi connectivity index (χ3n) is 2.68. The summed E-state index contributed by atoms with van der Waals surface area (Å²) in [5.41, 5.74) is 0.531. The van der Waals surface area contributed by atoms with Gasteiger partial charge >= 0.3 is 5.97 Å². The molecule has 2 aromatic rings. The van der Waals surface area contributed by atoms with Crippen LogP contribution in [0.2, 0.25) is 0 Å². The first-order valence-corrected chi connectivity index (χ1v) is 5.75. The monoisotopic (exact) mass is 246 g/mol. The van der Waals surface area contributed by atoms with E-state index in [1.165, 1.54) is 7.11 Å². The first-order valence-electron chi connectivity index (χ1n) is 5.75. The molecule has 0 atom stereocenters. The van der Waals surface area contributed by atoms with Crippen molar-refractivity contribution in [1.82, 2.24) is 9.97 Å². The highest BCUT2D eigenvalue weighted by molar-refractivity contribution is 5.77. The standard InChI is InChI=1S/C13H14N2O3/c1-18-12(16)8-4-7-11-14-10-6-3-2-5-9(10)13(17)15-11/h2-3,5-6H,4,7-8H2,1H3,(H,14,15,17). The molecule has 0 radical (unpaired) electrons. The number of aromatic amines is 1. The maximum Gasteiger partial charge on any atom is 0.305 e. The maximum atomic E-state index is 11.8. The van der Waals surface area contributed by atoms with Crippen LogP contribution in [0.3, 0.4) is 0 Å². The number of ether oxygens (including phenoxy) is 1. The largest absolute Gasteiger partial charge is 0.469 e. The zero-order chi connectivity index (χ0) is 13.0. The van der Waals surface area contributed by atoms with Crippen molar-refractivity contribution in [3.8, 4) is 0 Å². The van der Waals surface area contributed by atoms with Gasteiger partial charge in [-0.2, -0.15) is 0 Å². The number of carbonyl (C=O) groups excluding carboxylic acids is 1. The molecule has 0 aliphatic heterocycles. The number of fused-ring (bicyclic) bond motifs is 1. The van der Waals surface area contributed by atoms with E-state index in [0.717, 1.165) is 0 Å². The Hall–Kier alpha value is -2.17. The van der Waals surface area contributed by atoms with Crippen molar-refractivity contribution in [1.29, 1.82) is 0 Å². The van der Waals surface area contributed by atoms with Gasteiger partial charge in [-0.1, -0.05) is 12.1 Å². The van der Waals surface area contributed by atoms with E-state index in [9.17, 15) is 9.59 Å². The van der Waals surface area contributed by atoms with E-state index in [4.69, 9.17) is 0 Å². The molecule has 1 N–H and O–H groups in total. The molecule has 0 fully saturated rings. The predicted molar refractivity (Wildman–Crippen MR) is 67.3 cm³/mol. The molecule has 5 nitrogen and oxygen atoms in total. The van der Waals surface area contributed by atoms with E-state index >= 15 is 0 Å². The van der Waals surface area contributed by atoms with Crippen molar-refractivity contribution >= 4 is 16.9 Å². The molecule has 1 aromatic heterocycles. The summed E-state index contributed by atoms with van der Waals surface area (Å²) in [5.74, 6) is 0.348. The topological polar surface area (TPSA) is 72.0 Å². The first-order chi connectivity index (χ1) is 8.70. The molecule has 5 heteroatoms. The van der Waals surface area contributed by atoms with Gasteiger partial charge in [0.25, 0.3) is 5.56 Å². The van der Waals surface area contributed by atoms with Crippen molar-refractivity contribution in [3.05, 3.63) is 40.4 Å². The highest BCUT2D eigenvalue weighted by Crippen LogP contribution is 2.07. The zero-order valence-electron chi connectivity index (χ0n) is 10.1. The van der Waals surface area contributed by atoms with Crippen molar-refractivity contribution in [2.45, 2.75) is 19.3 Å². The number of nitrogens with zero attached hydrogens (tertiary/aromatic N) is 1. The van der Waals surface area contributed by atoms with Crippen LogP contribution in [-0.2, 0) is 16.0 Å². The highest BCUT2D eigenvalue weighted by atomic mass is 16.5. The molecule has 94 valence electrons. The van der Waals surface area contributed by atoms with E-state index in [-0.39, 0.29) is 11.5 Å². The molecular formula is C13H14N2O3. The minimum atomic E-state index is -0.252. The average molecular weight is 246 g/mol. The lowest BCUT2D eigenvalue weighted by Crippen LogP contribution is -2.12. The third-order valence-corrected chi connectivity index (χ3v) is 2.68. The van der Waals surface area contributed by atoms with Crippen LogP contribution in [0, 0.1) is 0 Å². The first kappa shape index (κ1) is 12.3. The minimum Gasteiger partial charge on any atom is -0.469 e. The molecule has 18 heavy (non-hydrogen) atoms. The predicted octanol–water partition coefficient (Wildman–Crippen LogP) is 1.42. The van der Waals surface area contributed by atoms with Crippen molar-refractivity contribution in [2.24, 2.45) is 0 Å². The van der Waals surface area contributed by atoms with E-state index in [2.05, 4.69) is 14.7 Å². The Balaban J connectivity index is 2.15. The number of rotatable bonds is 4. The second kappa shape index (κ2) is 5.44. The Morgan fingerprint density at radius 3 is 2.94 bits per heavy atom. The van der Waals surface area contributed by atoms with Crippen LogP contribution in [-0.4, -0.2) is 23.0 Å². The summed E-state index contributed by atoms with van der Waals surface area (Å²) in [6.45, 7) is 0. The van der Waals surface area contributed by atoms with Crippen LogP contribution < -0.4 is 5.56 Å². The fraction of sp³-hybridized carbons (Fsp3) is 0.308. The summed E-state index contributed by atoms with van der Waals surface area (Å²) in [6, 6.07) is 7.18. The maximum absolute atomic E-state index is 11.8. The molecular weight excluding hydrogens is 232 g/mol. The lowest BCUT2D eigenvalue weighted by molar-refractivity contribution is -0.140. The lowest BCUT2D eigenvalue weighted by Gasteiger charge is -2.02. The molecule has 0 saturated heterocycles. The summed E-state index contributed by atoms with van der Waals surface area (Å²) >= 11 is 0. The summed E-state index contributed by atoms with van der Waals surface area (Å²) < 4.78 is 4.55. The van der Waals surface area contributed by atoms with Crippen molar-refractivity contribution < 1.29 is 9.53 Å². The Bertz CT molecular complexity index is 619. The Morgan fingerprint density at radius 2 is 2.17 bits per heavy atom. The third kappa shape index (κ3) is 2.74. The van der Waals surface area contributed by atoms with E-state index < -0.39 is 0 Å². The Morgan fingerprint density at radius 1 is 1.39 bits per heavy atom. The fourth-order valence-electron chi connectivity index (χ4n) is 1.76. The van der Waals surface area contributed by atoms with Gasteiger partial charge in [0.05, 0.1) is 18.0 Å². The molecule has 0 aliphatic carbocycles. The van der Waals surface area contributed by atoms with Gasteiger partial charge in [0.1, 0.15) is 5.82 Å². The number of hydrogen-bond acceptors (Lipinski definition) is 4. The fourth-order valence-corrected chi connectivity index (χ4v) is 1.76. The average Bonchev–Trinajstić information content (AvgIpc) is 2.38. The number of carbonyl (C=O) groups is 1. The van der Waals surface area contributed by atoms with Gasteiger partial charge in [-0.3, -0.25) is 9.59 Å². The van der Waals surface area contributed by atoms with Gasteiger partial charge in [-0.15, -0.1) is 0 Å². The zero-order valence-corrected chi connectivity index (χ0v) is 10.1. The van der Waals surface area contributed by atoms with E-state index in [1.54, 1.807) is 18.2 Å². The summed E-state index contributed by atoms with van der Waals surface area (Å²) in [5, 5.41) is 0.578. The van der Waals surface area contributed by atoms with Gasteiger partial charge in [0.15, 0.2) is 0 Å². The van der Waals surface area contributed by atoms with E-state index in [1.807, 2.05) is 6.07 Å². The molecule has 1 aromatic carbocycles. The van der Waals surface area contributed by atoms with Crippen LogP contribution in [0.25, 0.3) is 10.9 Å². The van der Waals surface area contributed by atoms with Crippen molar-refractivity contribution in [3.63, 3.8) is 0 Å². The van der Waals surface area contributed by atoms with Gasteiger partial charge in [0.2, 0.25) is 0 Å². The Labute approximate surface area is 104 Å². The van der Waals surface area contributed by atoms with Gasteiger partial charge in [0, 0.05) is 12.8 Å². The summed E-state index contributed by atoms with van der Waals surface area (Å²) in [6.07, 6.45) is 1.48. The number of para-hydroxylation sites is 1. The highest BCUT2D eigenvalue weighted by Gasteiger charge is 2.05. The van der Waals surface area contributed by atoms with E-state index in [0.29, 0.717) is 36.0 Å². The van der Waals surface area contributed by atoms with Gasteiger partial charge in [-0.05, 0) is 18.6 Å². The molecule has 0 bridgehead atoms. The van der Waals surface area contributed by atoms with Crippen LogP contribution in [0.4, 0.5) is 0 Å². The molecule has 2 rings (SSSR count). The number of esters is 1. The molecule has 0 aliphatic rings. The van der Waals surface area contributed by atoms with Gasteiger partial charge < -0.3 is 9.72 Å². The molecule has 0 unspecified atom stereocenters. The smallest absolute Gasteiger partial charge is 0.305 e. The SMILES string of the molecule is COC(=O)CCCc1nc2ccccc2c(=O)[nH]1. The Kier molecular flexibility index (Phi) is 3.72. The van der Waals surface area contributed by atoms with Gasteiger partial charge in [-0.25, -0.2) is 4.98 Å².